The summed E-state index contributed by atoms with van der Waals surface area (Å²) in [5.74, 6) is 0. The molecule has 0 N–H and O–H groups in total. The fraction of sp³-hybridized carbons (Fsp3) is 0.130. The maximum Gasteiger partial charge on any atom is 0.0590 e. The van der Waals surface area contributed by atoms with E-state index in [0.717, 1.165) is 11.4 Å². The van der Waals surface area contributed by atoms with E-state index in [-0.39, 0.29) is 10.8 Å². The van der Waals surface area contributed by atoms with Crippen LogP contribution in [0.3, 0.4) is 0 Å². The van der Waals surface area contributed by atoms with E-state index in [1.54, 1.807) is 0 Å². The highest BCUT2D eigenvalue weighted by Crippen LogP contribution is 2.66. The van der Waals surface area contributed by atoms with E-state index in [1.165, 1.54) is 72.1 Å². The summed E-state index contributed by atoms with van der Waals surface area (Å²) in [5, 5.41) is 2.54. The average molecular weight is 604 g/mol. The molecule has 0 aliphatic heterocycles. The summed E-state index contributed by atoms with van der Waals surface area (Å²) in [4.78, 5) is 2.54. The molecule has 0 saturated heterocycles. The van der Waals surface area contributed by atoms with Gasteiger partial charge in [0.25, 0.3) is 0 Å². The van der Waals surface area contributed by atoms with Crippen molar-refractivity contribution in [3.8, 4) is 33.4 Å². The van der Waals surface area contributed by atoms with Crippen LogP contribution in [-0.2, 0) is 10.8 Å². The molecule has 47 heavy (non-hydrogen) atoms. The lowest BCUT2D eigenvalue weighted by atomic mass is 9.73. The van der Waals surface area contributed by atoms with Gasteiger partial charge in [-0.15, -0.1) is 0 Å². The van der Waals surface area contributed by atoms with Crippen molar-refractivity contribution in [3.05, 3.63) is 174 Å². The number of hydrogen-bond acceptors (Lipinski definition) is 1. The second-order valence-corrected chi connectivity index (χ2v) is 14.1. The quantitative estimate of drug-likeness (QED) is 0.193. The third-order valence-corrected chi connectivity index (χ3v) is 10.8. The number of fused-ring (bicyclic) bond motifs is 7. The minimum Gasteiger partial charge on any atom is -0.310 e. The van der Waals surface area contributed by atoms with Crippen LogP contribution in [0.25, 0.3) is 44.2 Å². The van der Waals surface area contributed by atoms with Crippen molar-refractivity contribution in [1.29, 1.82) is 0 Å². The van der Waals surface area contributed by atoms with Gasteiger partial charge in [-0.05, 0) is 91.2 Å². The van der Waals surface area contributed by atoms with Crippen LogP contribution in [-0.4, -0.2) is 0 Å². The van der Waals surface area contributed by atoms with Crippen LogP contribution in [0.1, 0.15) is 49.9 Å². The second-order valence-electron chi connectivity index (χ2n) is 14.1. The Morgan fingerprint density at radius 2 is 0.894 bits per heavy atom. The molecule has 0 amide bonds. The Morgan fingerprint density at radius 1 is 0.404 bits per heavy atom. The molecule has 0 heterocycles. The van der Waals surface area contributed by atoms with Crippen molar-refractivity contribution in [3.63, 3.8) is 0 Å². The van der Waals surface area contributed by atoms with E-state index in [1.807, 2.05) is 0 Å². The minimum absolute atomic E-state index is 0.225. The first-order chi connectivity index (χ1) is 22.9. The number of anilines is 3. The minimum atomic E-state index is -0.245. The van der Waals surface area contributed by atoms with Gasteiger partial charge >= 0.3 is 0 Å². The average Bonchev–Trinajstić information content (AvgIpc) is 3.49. The van der Waals surface area contributed by atoms with Gasteiger partial charge < -0.3 is 4.90 Å². The number of rotatable bonds is 4. The van der Waals surface area contributed by atoms with Gasteiger partial charge in [0.05, 0.1) is 5.69 Å². The largest absolute Gasteiger partial charge is 0.310 e. The number of para-hydroxylation sites is 2. The molecule has 0 atom stereocenters. The van der Waals surface area contributed by atoms with Gasteiger partial charge in [-0.2, -0.15) is 0 Å². The normalized spacial score (nSPS) is 14.7. The molecule has 0 fully saturated rings. The fourth-order valence-corrected chi connectivity index (χ4v) is 8.68. The van der Waals surface area contributed by atoms with E-state index in [0.29, 0.717) is 0 Å². The van der Waals surface area contributed by atoms with Gasteiger partial charge in [0, 0.05) is 27.8 Å². The van der Waals surface area contributed by atoms with E-state index < -0.39 is 0 Å². The maximum absolute atomic E-state index is 2.54. The van der Waals surface area contributed by atoms with Gasteiger partial charge in [0.15, 0.2) is 0 Å². The molecule has 0 unspecified atom stereocenters. The Morgan fingerprint density at radius 3 is 1.51 bits per heavy atom. The Labute approximate surface area is 277 Å². The standard InChI is InChI=1S/C46H37N/c1-45(2)38-26-16-14-24-36(38)41-42(45)39(32-28-27-30-17-11-12-18-31(30)29-32)40-35-23-13-15-25-37(35)46(3,4)43(40)44(41)47(33-19-7-5-8-20-33)34-21-9-6-10-22-34/h5-29H,1-4H3. The number of nitrogens with zero attached hydrogens (tertiary/aromatic N) is 1. The van der Waals surface area contributed by atoms with Crippen LogP contribution in [0.5, 0.6) is 0 Å². The molecule has 1 heteroatoms. The van der Waals surface area contributed by atoms with Crippen LogP contribution in [0.15, 0.2) is 152 Å². The third kappa shape index (κ3) is 3.90. The molecule has 1 nitrogen and oxygen atoms in total. The van der Waals surface area contributed by atoms with Crippen molar-refractivity contribution in [1.82, 2.24) is 0 Å². The first-order valence-corrected chi connectivity index (χ1v) is 16.7. The molecule has 226 valence electrons. The summed E-state index contributed by atoms with van der Waals surface area (Å²) >= 11 is 0. The van der Waals surface area contributed by atoms with Gasteiger partial charge in [-0.25, -0.2) is 0 Å². The van der Waals surface area contributed by atoms with E-state index in [2.05, 4.69) is 184 Å². The molecule has 2 aliphatic rings. The topological polar surface area (TPSA) is 3.24 Å². The van der Waals surface area contributed by atoms with Gasteiger partial charge in [-0.3, -0.25) is 0 Å². The summed E-state index contributed by atoms with van der Waals surface area (Å²) in [6.07, 6.45) is 0. The predicted octanol–water partition coefficient (Wildman–Crippen LogP) is 12.6. The summed E-state index contributed by atoms with van der Waals surface area (Å²) < 4.78 is 0. The highest BCUT2D eigenvalue weighted by molar-refractivity contribution is 6.10. The van der Waals surface area contributed by atoms with Crippen molar-refractivity contribution in [2.24, 2.45) is 0 Å². The zero-order valence-electron chi connectivity index (χ0n) is 27.4. The Kier molecular flexibility index (Phi) is 5.96. The van der Waals surface area contributed by atoms with Crippen LogP contribution < -0.4 is 4.90 Å². The van der Waals surface area contributed by atoms with Gasteiger partial charge in [-0.1, -0.05) is 149 Å². The predicted molar refractivity (Wildman–Crippen MR) is 199 cm³/mol. The zero-order valence-corrected chi connectivity index (χ0v) is 27.4. The SMILES string of the molecule is CC1(C)c2ccccc2-c2c(N(c3ccccc3)c3ccccc3)c3c(c(-c4ccc5ccccc5c4)c21)-c1ccccc1C3(C)C. The first-order valence-electron chi connectivity index (χ1n) is 16.7. The molecule has 0 saturated carbocycles. The van der Waals surface area contributed by atoms with Crippen molar-refractivity contribution >= 4 is 27.8 Å². The Balaban J connectivity index is 1.53. The molecule has 0 spiro atoms. The molecule has 0 radical (unpaired) electrons. The van der Waals surface area contributed by atoms with Crippen molar-refractivity contribution < 1.29 is 0 Å². The zero-order chi connectivity index (χ0) is 31.9. The van der Waals surface area contributed by atoms with Crippen LogP contribution in [0.4, 0.5) is 17.1 Å². The lowest BCUT2D eigenvalue weighted by Crippen LogP contribution is -2.23. The molecule has 2 aliphatic carbocycles. The highest BCUT2D eigenvalue weighted by Gasteiger charge is 2.48. The lowest BCUT2D eigenvalue weighted by Gasteiger charge is -2.36. The molecule has 7 aromatic carbocycles. The maximum atomic E-state index is 2.54. The van der Waals surface area contributed by atoms with Crippen LogP contribution >= 0.6 is 0 Å². The molecule has 9 rings (SSSR count). The van der Waals surface area contributed by atoms with Crippen molar-refractivity contribution in [2.45, 2.75) is 38.5 Å². The highest BCUT2D eigenvalue weighted by atomic mass is 15.1. The van der Waals surface area contributed by atoms with E-state index in [4.69, 9.17) is 0 Å². The smallest absolute Gasteiger partial charge is 0.0590 e. The van der Waals surface area contributed by atoms with Crippen LogP contribution in [0.2, 0.25) is 0 Å². The number of hydrogen-bond donors (Lipinski definition) is 0. The summed E-state index contributed by atoms with van der Waals surface area (Å²) in [6, 6.07) is 56.0. The molecule has 0 bridgehead atoms. The fourth-order valence-electron chi connectivity index (χ4n) is 8.68. The summed E-state index contributed by atoms with van der Waals surface area (Å²) in [7, 11) is 0. The lowest BCUT2D eigenvalue weighted by molar-refractivity contribution is 0.653. The Hall–Kier alpha value is -5.40. The molecular formula is C46H37N. The van der Waals surface area contributed by atoms with E-state index >= 15 is 0 Å². The molecule has 0 aromatic heterocycles. The second kappa shape index (κ2) is 10.0. The molecule has 7 aromatic rings. The first kappa shape index (κ1) is 27.9. The van der Waals surface area contributed by atoms with Crippen molar-refractivity contribution in [2.75, 3.05) is 4.90 Å². The molecular weight excluding hydrogens is 567 g/mol. The summed E-state index contributed by atoms with van der Waals surface area (Å²) in [5.41, 5.74) is 16.7. The van der Waals surface area contributed by atoms with Crippen LogP contribution in [0, 0.1) is 0 Å². The summed E-state index contributed by atoms with van der Waals surface area (Å²) in [6.45, 7) is 9.72. The third-order valence-electron chi connectivity index (χ3n) is 10.8. The van der Waals surface area contributed by atoms with E-state index in [9.17, 15) is 0 Å². The number of benzene rings is 7. The Bertz CT molecular complexity index is 2300. The monoisotopic (exact) mass is 603 g/mol. The van der Waals surface area contributed by atoms with Gasteiger partial charge in [0.2, 0.25) is 0 Å². The van der Waals surface area contributed by atoms with Gasteiger partial charge in [0.1, 0.15) is 0 Å².